The van der Waals surface area contributed by atoms with Crippen LogP contribution in [0.5, 0.6) is 0 Å². The second-order valence-electron chi connectivity index (χ2n) is 1.69. The molecule has 56 valence electrons. The van der Waals surface area contributed by atoms with Gasteiger partial charge >= 0.3 is 0 Å². The number of aromatic nitrogens is 2. The molecule has 0 amide bonds. The molecule has 0 aliphatic rings. The fraction of sp³-hybridized carbons (Fsp3) is 0.400. The van der Waals surface area contributed by atoms with Gasteiger partial charge in [0.05, 0.1) is 12.8 Å². The van der Waals surface area contributed by atoms with Crippen LogP contribution in [0.1, 0.15) is 0 Å². The molecule has 0 bridgehead atoms. The Morgan fingerprint density at radius 3 is 3.10 bits per heavy atom. The van der Waals surface area contributed by atoms with Crippen LogP contribution < -0.4 is 10.6 Å². The Labute approximate surface area is 58.0 Å². The topological polar surface area (TPSA) is 73.3 Å². The van der Waals surface area contributed by atoms with Crippen LogP contribution in [0.25, 0.3) is 0 Å². The predicted octanol–water partition coefficient (Wildman–Crippen LogP) is -1.11. The Morgan fingerprint density at radius 1 is 1.80 bits per heavy atom. The van der Waals surface area contributed by atoms with E-state index in [1.165, 1.54) is 6.20 Å². The van der Waals surface area contributed by atoms with E-state index in [9.17, 15) is 0 Å². The summed E-state index contributed by atoms with van der Waals surface area (Å²) in [5.74, 6) is 0.424. The number of nitrogens with two attached hydrogens (primary N) is 1. The first-order chi connectivity index (χ1) is 4.84. The molecule has 1 heterocycles. The minimum absolute atomic E-state index is 0.0424. The van der Waals surface area contributed by atoms with Crippen molar-refractivity contribution in [2.24, 2.45) is 0 Å². The van der Waals surface area contributed by atoms with Gasteiger partial charge in [0.25, 0.3) is 0 Å². The maximum atomic E-state index is 8.35. The van der Waals surface area contributed by atoms with Crippen LogP contribution in [0.2, 0.25) is 0 Å². The summed E-state index contributed by atoms with van der Waals surface area (Å²) in [5.41, 5.74) is 5.38. The zero-order valence-electron chi connectivity index (χ0n) is 5.40. The molecule has 0 saturated heterocycles. The summed E-state index contributed by atoms with van der Waals surface area (Å²) in [6.45, 7) is 0.158. The molecule has 0 spiro atoms. The van der Waals surface area contributed by atoms with Crippen LogP contribution in [0.15, 0.2) is 12.3 Å². The average Bonchev–Trinajstić information content (AvgIpc) is 2.31. The monoisotopic (exact) mass is 143 g/mol. The van der Waals surface area contributed by atoms with Crippen molar-refractivity contribution in [1.29, 1.82) is 0 Å². The van der Waals surface area contributed by atoms with Crippen LogP contribution in [0.3, 0.4) is 0 Å². The van der Waals surface area contributed by atoms with Gasteiger partial charge < -0.3 is 15.7 Å². The Morgan fingerprint density at radius 2 is 2.60 bits per heavy atom. The normalized spacial score (nSPS) is 9.70. The fourth-order valence-electron chi connectivity index (χ4n) is 0.536. The summed E-state index contributed by atoms with van der Waals surface area (Å²) in [6, 6.07) is 1.61. The number of hydrogen-bond donors (Lipinski definition) is 2. The van der Waals surface area contributed by atoms with Crippen molar-refractivity contribution in [2.45, 2.75) is 0 Å². The van der Waals surface area contributed by atoms with E-state index in [-0.39, 0.29) is 13.2 Å². The largest absolute Gasteiger partial charge is 0.393 e. The van der Waals surface area contributed by atoms with Gasteiger partial charge in [-0.25, -0.2) is 0 Å². The first-order valence-electron chi connectivity index (χ1n) is 2.88. The lowest BCUT2D eigenvalue weighted by molar-refractivity contribution is 0.0579. The molecule has 0 saturated carbocycles. The molecule has 1 rings (SSSR count). The second kappa shape index (κ2) is 3.07. The van der Waals surface area contributed by atoms with Crippen LogP contribution in [0.4, 0.5) is 5.82 Å². The Kier molecular flexibility index (Phi) is 2.11. The average molecular weight is 143 g/mol. The maximum Gasteiger partial charge on any atom is 0.163 e. The van der Waals surface area contributed by atoms with E-state index < -0.39 is 0 Å². The van der Waals surface area contributed by atoms with Crippen LogP contribution in [0, 0.1) is 0 Å². The Balaban J connectivity index is 2.49. The number of hydrogen-bond acceptors (Lipinski definition) is 4. The van der Waals surface area contributed by atoms with Crippen LogP contribution in [-0.2, 0) is 0 Å². The van der Waals surface area contributed by atoms with E-state index in [0.717, 1.165) is 4.85 Å². The lowest BCUT2D eigenvalue weighted by Crippen LogP contribution is -2.18. The zero-order chi connectivity index (χ0) is 7.40. The van der Waals surface area contributed by atoms with E-state index in [2.05, 4.69) is 5.10 Å². The first kappa shape index (κ1) is 6.88. The van der Waals surface area contributed by atoms with E-state index in [4.69, 9.17) is 15.7 Å². The molecular weight excluding hydrogens is 134 g/mol. The molecule has 0 unspecified atom stereocenters. The van der Waals surface area contributed by atoms with Crippen molar-refractivity contribution in [3.8, 4) is 0 Å². The van der Waals surface area contributed by atoms with Crippen molar-refractivity contribution in [3.05, 3.63) is 12.3 Å². The molecule has 0 radical (unpaired) electrons. The zero-order valence-corrected chi connectivity index (χ0v) is 5.40. The van der Waals surface area contributed by atoms with Gasteiger partial charge in [0.2, 0.25) is 0 Å². The summed E-state index contributed by atoms with van der Waals surface area (Å²) in [7, 11) is 0. The van der Waals surface area contributed by atoms with Crippen molar-refractivity contribution in [1.82, 2.24) is 9.94 Å². The van der Waals surface area contributed by atoms with E-state index >= 15 is 0 Å². The third kappa shape index (κ3) is 1.38. The van der Waals surface area contributed by atoms with Crippen LogP contribution >= 0.6 is 0 Å². The Hall–Kier alpha value is -1.23. The number of nitrogen functional groups attached to an aromatic ring is 1. The number of aliphatic hydroxyl groups is 1. The lowest BCUT2D eigenvalue weighted by Gasteiger charge is -2.02. The van der Waals surface area contributed by atoms with Crippen molar-refractivity contribution in [2.75, 3.05) is 18.9 Å². The third-order valence-corrected chi connectivity index (χ3v) is 0.943. The van der Waals surface area contributed by atoms with Crippen molar-refractivity contribution < 1.29 is 9.94 Å². The lowest BCUT2D eigenvalue weighted by atomic mass is 10.7. The highest BCUT2D eigenvalue weighted by Gasteiger charge is 1.94. The fourth-order valence-corrected chi connectivity index (χ4v) is 0.536. The smallest absolute Gasteiger partial charge is 0.163 e. The Bertz CT molecular complexity index is 199. The van der Waals surface area contributed by atoms with Gasteiger partial charge in [0.15, 0.2) is 5.82 Å². The van der Waals surface area contributed by atoms with E-state index in [0.29, 0.717) is 5.82 Å². The number of rotatable bonds is 3. The van der Waals surface area contributed by atoms with E-state index in [1.54, 1.807) is 6.07 Å². The highest BCUT2D eigenvalue weighted by Crippen LogP contribution is 1.94. The first-order valence-corrected chi connectivity index (χ1v) is 2.88. The van der Waals surface area contributed by atoms with Crippen molar-refractivity contribution >= 4 is 5.82 Å². The minimum Gasteiger partial charge on any atom is -0.393 e. The van der Waals surface area contributed by atoms with Crippen molar-refractivity contribution in [3.63, 3.8) is 0 Å². The maximum absolute atomic E-state index is 8.35. The summed E-state index contributed by atoms with van der Waals surface area (Å²) in [6.07, 6.45) is 1.52. The number of nitrogens with zero attached hydrogens (tertiary/aromatic N) is 2. The molecule has 0 aromatic carbocycles. The molecule has 1 aromatic heterocycles. The van der Waals surface area contributed by atoms with E-state index in [1.807, 2.05) is 0 Å². The van der Waals surface area contributed by atoms with Gasteiger partial charge in [-0.1, -0.05) is 4.85 Å². The van der Waals surface area contributed by atoms with Gasteiger partial charge in [0.1, 0.15) is 6.61 Å². The van der Waals surface area contributed by atoms with Gasteiger partial charge in [0, 0.05) is 6.07 Å². The third-order valence-electron chi connectivity index (χ3n) is 0.943. The molecule has 10 heavy (non-hydrogen) atoms. The van der Waals surface area contributed by atoms with Gasteiger partial charge in [-0.2, -0.15) is 0 Å². The summed E-state index contributed by atoms with van der Waals surface area (Å²) in [4.78, 5) is 6.02. The highest BCUT2D eigenvalue weighted by atomic mass is 16.7. The van der Waals surface area contributed by atoms with Gasteiger partial charge in [-0.15, -0.1) is 5.10 Å². The standard InChI is InChI=1S/C5H9N3O2/c6-5-1-2-7-8(5)10-4-3-9/h1-2,9H,3-4,6H2. The SMILES string of the molecule is Nc1ccnn1OCCO. The molecule has 3 N–H and O–H groups in total. The number of anilines is 1. The summed E-state index contributed by atoms with van der Waals surface area (Å²) >= 11 is 0. The summed E-state index contributed by atoms with van der Waals surface area (Å²) in [5, 5.41) is 12.1. The van der Waals surface area contributed by atoms with Gasteiger partial charge in [-0.3, -0.25) is 0 Å². The molecule has 5 nitrogen and oxygen atoms in total. The molecule has 0 aliphatic heterocycles. The molecule has 0 atom stereocenters. The quantitative estimate of drug-likeness (QED) is 0.562. The molecule has 1 aromatic rings. The van der Waals surface area contributed by atoms with Crippen LogP contribution in [-0.4, -0.2) is 28.3 Å². The molecule has 5 heteroatoms. The minimum atomic E-state index is -0.0424. The molecule has 0 fully saturated rings. The molecular formula is C5H9N3O2. The predicted molar refractivity (Wildman–Crippen MR) is 35.2 cm³/mol. The second-order valence-corrected chi connectivity index (χ2v) is 1.69. The highest BCUT2D eigenvalue weighted by molar-refractivity contribution is 5.24. The van der Waals surface area contributed by atoms with Gasteiger partial charge in [-0.05, 0) is 0 Å². The number of aliphatic hydroxyl groups excluding tert-OH is 1. The summed E-state index contributed by atoms with van der Waals surface area (Å²) < 4.78 is 0. The molecule has 0 aliphatic carbocycles.